The van der Waals surface area contributed by atoms with Crippen molar-refractivity contribution < 1.29 is 9.84 Å². The largest absolute Gasteiger partial charge is 0.434 e. The molecule has 9 nitrogen and oxygen atoms in total. The summed E-state index contributed by atoms with van der Waals surface area (Å²) >= 11 is 13.4. The average Bonchev–Trinajstić information content (AvgIpc) is 3.42. The molecule has 0 unspecified atom stereocenters. The molecule has 3 aromatic heterocycles. The number of benzene rings is 3. The third kappa shape index (κ3) is 5.73. The van der Waals surface area contributed by atoms with Crippen LogP contribution in [0.1, 0.15) is 16.7 Å². The quantitative estimate of drug-likeness (QED) is 0.191. The van der Waals surface area contributed by atoms with Crippen molar-refractivity contribution in [1.29, 1.82) is 5.26 Å². The number of aliphatic hydroxyl groups excluding tert-OH is 1. The second-order valence-electron chi connectivity index (χ2n) is 9.29. The molecule has 11 heteroatoms. The van der Waals surface area contributed by atoms with Crippen LogP contribution >= 0.6 is 23.2 Å². The van der Waals surface area contributed by atoms with Gasteiger partial charge in [0.1, 0.15) is 0 Å². The predicted octanol–water partition coefficient (Wildman–Crippen LogP) is 7.14. The number of pyridine rings is 1. The fraction of sp³-hybridized carbons (Fsp3) is 0.0645. The van der Waals surface area contributed by atoms with Crippen molar-refractivity contribution in [3.05, 3.63) is 118 Å². The van der Waals surface area contributed by atoms with Gasteiger partial charge in [0.05, 0.1) is 34.6 Å². The first-order valence-corrected chi connectivity index (χ1v) is 13.5. The van der Waals surface area contributed by atoms with Crippen molar-refractivity contribution in [2.24, 2.45) is 0 Å². The zero-order valence-electron chi connectivity index (χ0n) is 21.9. The first kappa shape index (κ1) is 27.2. The number of nitriles is 1. The Labute approximate surface area is 250 Å². The third-order valence-corrected chi connectivity index (χ3v) is 7.04. The van der Waals surface area contributed by atoms with Crippen molar-refractivity contribution in [3.8, 4) is 28.8 Å². The summed E-state index contributed by atoms with van der Waals surface area (Å²) in [5, 5.41) is 22.3. The summed E-state index contributed by atoms with van der Waals surface area (Å²) in [6, 6.07) is 23.9. The SMILES string of the molecule is N#Cc1ccc(Nc2nc(Oc3c(Cl)cc(-c4ccncc4)cc3Cl)c3c(ncn3Cc3ccc(CO)cc3)n2)cc1. The van der Waals surface area contributed by atoms with Crippen LogP contribution in [0.4, 0.5) is 11.6 Å². The molecule has 3 heterocycles. The molecule has 0 fully saturated rings. The maximum Gasteiger partial charge on any atom is 0.250 e. The number of imidazole rings is 1. The minimum Gasteiger partial charge on any atom is -0.434 e. The zero-order chi connectivity index (χ0) is 29.1. The number of halogens is 2. The number of aliphatic hydroxyl groups is 1. The van der Waals surface area contributed by atoms with E-state index in [4.69, 9.17) is 33.2 Å². The van der Waals surface area contributed by atoms with Gasteiger partial charge in [-0.05, 0) is 70.8 Å². The Morgan fingerprint density at radius 1 is 0.881 bits per heavy atom. The molecular weight excluding hydrogens is 573 g/mol. The molecule has 2 N–H and O–H groups in total. The highest BCUT2D eigenvalue weighted by atomic mass is 35.5. The number of ether oxygens (including phenoxy) is 1. The number of hydrogen-bond donors (Lipinski definition) is 2. The van der Waals surface area contributed by atoms with E-state index in [0.717, 1.165) is 22.3 Å². The van der Waals surface area contributed by atoms with Gasteiger partial charge in [0.15, 0.2) is 16.9 Å². The van der Waals surface area contributed by atoms with Crippen LogP contribution in [0.25, 0.3) is 22.3 Å². The van der Waals surface area contributed by atoms with Crippen LogP contribution in [0, 0.1) is 11.3 Å². The smallest absolute Gasteiger partial charge is 0.250 e. The van der Waals surface area contributed by atoms with E-state index in [0.29, 0.717) is 39.0 Å². The summed E-state index contributed by atoms with van der Waals surface area (Å²) in [5.41, 5.74) is 5.66. The third-order valence-electron chi connectivity index (χ3n) is 6.48. The van der Waals surface area contributed by atoms with Crippen LogP contribution in [0.5, 0.6) is 11.6 Å². The van der Waals surface area contributed by atoms with Gasteiger partial charge in [-0.3, -0.25) is 4.98 Å². The lowest BCUT2D eigenvalue weighted by atomic mass is 10.1. The summed E-state index contributed by atoms with van der Waals surface area (Å²) in [6.07, 6.45) is 5.05. The van der Waals surface area contributed by atoms with Gasteiger partial charge in [-0.1, -0.05) is 47.5 Å². The minimum absolute atomic E-state index is 0.0312. The summed E-state index contributed by atoms with van der Waals surface area (Å²) in [6.45, 7) is 0.420. The van der Waals surface area contributed by atoms with E-state index in [9.17, 15) is 5.11 Å². The summed E-state index contributed by atoms with van der Waals surface area (Å²) in [5.74, 6) is 0.669. The highest BCUT2D eigenvalue weighted by Gasteiger charge is 2.20. The summed E-state index contributed by atoms with van der Waals surface area (Å²) in [4.78, 5) is 17.8. The predicted molar refractivity (Wildman–Crippen MR) is 161 cm³/mol. The molecule has 0 saturated carbocycles. The Bertz CT molecular complexity index is 1900. The Morgan fingerprint density at radius 3 is 2.24 bits per heavy atom. The number of anilines is 2. The zero-order valence-corrected chi connectivity index (χ0v) is 23.4. The van der Waals surface area contributed by atoms with E-state index in [1.807, 2.05) is 41.0 Å². The molecule has 0 aliphatic carbocycles. The molecule has 42 heavy (non-hydrogen) atoms. The van der Waals surface area contributed by atoms with Gasteiger partial charge in [0.2, 0.25) is 5.95 Å². The van der Waals surface area contributed by atoms with Gasteiger partial charge in [-0.25, -0.2) is 4.98 Å². The van der Waals surface area contributed by atoms with Gasteiger partial charge >= 0.3 is 0 Å². The standard InChI is InChI=1S/C31H21Cl2N7O2/c32-25-13-23(22-9-11-35-12-10-22)14-26(33)28(25)42-30-27-29(36-18-40(27)16-20-1-3-21(17-41)4-2-20)38-31(39-30)37-24-7-5-19(15-34)6-8-24/h1-14,18,41H,16-17H2,(H,37,38,39). The Morgan fingerprint density at radius 2 is 1.57 bits per heavy atom. The van der Waals surface area contributed by atoms with Gasteiger partial charge < -0.3 is 19.7 Å². The molecule has 0 aliphatic heterocycles. The van der Waals surface area contributed by atoms with Crippen molar-refractivity contribution in [3.63, 3.8) is 0 Å². The van der Waals surface area contributed by atoms with Crippen LogP contribution in [0.3, 0.4) is 0 Å². The normalized spacial score (nSPS) is 10.9. The lowest BCUT2D eigenvalue weighted by Crippen LogP contribution is -2.04. The summed E-state index contributed by atoms with van der Waals surface area (Å²) in [7, 11) is 0. The van der Waals surface area contributed by atoms with Crippen LogP contribution < -0.4 is 10.1 Å². The van der Waals surface area contributed by atoms with Crippen molar-refractivity contribution in [2.75, 3.05) is 5.32 Å². The van der Waals surface area contributed by atoms with Gasteiger partial charge in [0, 0.05) is 24.6 Å². The fourth-order valence-electron chi connectivity index (χ4n) is 4.36. The van der Waals surface area contributed by atoms with Crippen LogP contribution in [0.2, 0.25) is 10.0 Å². The minimum atomic E-state index is -0.0312. The van der Waals surface area contributed by atoms with Gasteiger partial charge in [0.25, 0.3) is 5.88 Å². The van der Waals surface area contributed by atoms with E-state index in [1.54, 1.807) is 55.1 Å². The lowest BCUT2D eigenvalue weighted by molar-refractivity contribution is 0.282. The van der Waals surface area contributed by atoms with Crippen molar-refractivity contribution in [1.82, 2.24) is 24.5 Å². The molecule has 206 valence electrons. The van der Waals surface area contributed by atoms with Gasteiger partial charge in [-0.15, -0.1) is 0 Å². The molecule has 0 radical (unpaired) electrons. The molecule has 0 amide bonds. The molecule has 0 spiro atoms. The summed E-state index contributed by atoms with van der Waals surface area (Å²) < 4.78 is 8.20. The Hall–Kier alpha value is -5.01. The molecule has 6 aromatic rings. The highest BCUT2D eigenvalue weighted by Crippen LogP contribution is 2.41. The number of rotatable bonds is 8. The maximum atomic E-state index is 9.39. The van der Waals surface area contributed by atoms with Crippen molar-refractivity contribution >= 4 is 46.0 Å². The van der Waals surface area contributed by atoms with E-state index in [1.165, 1.54) is 0 Å². The van der Waals surface area contributed by atoms with Crippen LogP contribution in [-0.2, 0) is 13.2 Å². The highest BCUT2D eigenvalue weighted by molar-refractivity contribution is 6.37. The monoisotopic (exact) mass is 593 g/mol. The van der Waals surface area contributed by atoms with Crippen LogP contribution in [0.15, 0.2) is 91.5 Å². The number of fused-ring (bicyclic) bond motifs is 1. The van der Waals surface area contributed by atoms with E-state index < -0.39 is 0 Å². The first-order chi connectivity index (χ1) is 20.5. The molecule has 0 atom stereocenters. The topological polar surface area (TPSA) is 122 Å². The number of aromatic nitrogens is 5. The molecule has 0 aliphatic rings. The fourth-order valence-corrected chi connectivity index (χ4v) is 4.93. The Balaban J connectivity index is 1.41. The number of nitrogens with one attached hydrogen (secondary N) is 1. The maximum absolute atomic E-state index is 9.39. The second kappa shape index (κ2) is 11.8. The van der Waals surface area contributed by atoms with Crippen molar-refractivity contribution in [2.45, 2.75) is 13.2 Å². The van der Waals surface area contributed by atoms with Crippen LogP contribution in [-0.4, -0.2) is 29.6 Å². The molecular formula is C31H21Cl2N7O2. The number of hydrogen-bond acceptors (Lipinski definition) is 8. The van der Waals surface area contributed by atoms with E-state index in [-0.39, 0.29) is 24.2 Å². The van der Waals surface area contributed by atoms with Gasteiger partial charge in [-0.2, -0.15) is 15.2 Å². The number of nitrogens with zero attached hydrogens (tertiary/aromatic N) is 6. The Kier molecular flexibility index (Phi) is 7.66. The molecule has 0 bridgehead atoms. The first-order valence-electron chi connectivity index (χ1n) is 12.8. The second-order valence-corrected chi connectivity index (χ2v) is 10.1. The molecule has 6 rings (SSSR count). The molecule has 3 aromatic carbocycles. The lowest BCUT2D eigenvalue weighted by Gasteiger charge is -2.14. The molecule has 0 saturated heterocycles. The van der Waals surface area contributed by atoms with E-state index >= 15 is 0 Å². The van der Waals surface area contributed by atoms with E-state index in [2.05, 4.69) is 31.3 Å². The average molecular weight is 594 g/mol.